The molecule has 1 rings (SSSR count). The monoisotopic (exact) mass is 242 g/mol. The van der Waals surface area contributed by atoms with Crippen LogP contribution in [0.4, 0.5) is 0 Å². The summed E-state index contributed by atoms with van der Waals surface area (Å²) in [5.74, 6) is -0.00260. The maximum Gasteiger partial charge on any atom is 0.265 e. The third kappa shape index (κ3) is 2.93. The summed E-state index contributed by atoms with van der Waals surface area (Å²) in [4.78, 5) is 17.8. The van der Waals surface area contributed by atoms with Gasteiger partial charge in [-0.15, -0.1) is 11.3 Å². The largest absolute Gasteiger partial charge is 0.409 e. The van der Waals surface area contributed by atoms with Gasteiger partial charge in [0, 0.05) is 19.5 Å². The molecule has 7 heteroatoms. The summed E-state index contributed by atoms with van der Waals surface area (Å²) in [7, 11) is 1.68. The predicted molar refractivity (Wildman–Crippen MR) is 61.7 cm³/mol. The fourth-order valence-corrected chi connectivity index (χ4v) is 1.78. The Labute approximate surface area is 97.4 Å². The molecule has 0 aliphatic carbocycles. The summed E-state index contributed by atoms with van der Waals surface area (Å²) in [5, 5.41) is 11.3. The Morgan fingerprint density at radius 1 is 1.81 bits per heavy atom. The number of oxime groups is 1. The molecule has 0 aliphatic rings. The molecule has 1 atom stereocenters. The first-order valence-corrected chi connectivity index (χ1v) is 5.56. The molecule has 1 aromatic heterocycles. The first-order chi connectivity index (χ1) is 7.56. The predicted octanol–water partition coefficient (Wildman–Crippen LogP) is 0.740. The minimum atomic E-state index is -0.134. The Morgan fingerprint density at radius 3 is 3.00 bits per heavy atom. The highest BCUT2D eigenvalue weighted by Gasteiger charge is 2.19. The maximum atomic E-state index is 11.9. The lowest BCUT2D eigenvalue weighted by Crippen LogP contribution is -2.37. The number of hydrogen-bond donors (Lipinski definition) is 2. The zero-order valence-electron chi connectivity index (χ0n) is 9.12. The maximum absolute atomic E-state index is 11.9. The summed E-state index contributed by atoms with van der Waals surface area (Å²) in [6.07, 6.45) is 1.86. The average Bonchev–Trinajstić information content (AvgIpc) is 2.80. The van der Waals surface area contributed by atoms with Crippen molar-refractivity contribution >= 4 is 23.1 Å². The quantitative estimate of drug-likeness (QED) is 0.352. The molecule has 88 valence electrons. The van der Waals surface area contributed by atoms with Gasteiger partial charge in [0.2, 0.25) is 0 Å². The van der Waals surface area contributed by atoms with Crippen molar-refractivity contribution < 1.29 is 10.0 Å². The number of amides is 1. The fraction of sp³-hybridized carbons (Fsp3) is 0.444. The second-order valence-electron chi connectivity index (χ2n) is 3.43. The molecule has 1 amide bonds. The van der Waals surface area contributed by atoms with Gasteiger partial charge >= 0.3 is 0 Å². The van der Waals surface area contributed by atoms with E-state index in [4.69, 9.17) is 10.9 Å². The summed E-state index contributed by atoms with van der Waals surface area (Å²) in [6, 6.07) is -0.134. The van der Waals surface area contributed by atoms with Gasteiger partial charge < -0.3 is 15.8 Å². The van der Waals surface area contributed by atoms with Crippen molar-refractivity contribution in [1.82, 2.24) is 9.88 Å². The topological polar surface area (TPSA) is 91.8 Å². The summed E-state index contributed by atoms with van der Waals surface area (Å²) < 4.78 is 0. The van der Waals surface area contributed by atoms with Crippen LogP contribution in [-0.4, -0.2) is 39.9 Å². The zero-order valence-corrected chi connectivity index (χ0v) is 9.94. The minimum Gasteiger partial charge on any atom is -0.409 e. The lowest BCUT2D eigenvalue weighted by atomic mass is 10.2. The number of hydrogen-bond acceptors (Lipinski definition) is 5. The van der Waals surface area contributed by atoms with Crippen molar-refractivity contribution in [3.05, 3.63) is 16.6 Å². The lowest BCUT2D eigenvalue weighted by molar-refractivity contribution is 0.0752. The lowest BCUT2D eigenvalue weighted by Gasteiger charge is -2.23. The van der Waals surface area contributed by atoms with E-state index < -0.39 is 0 Å². The molecule has 1 unspecified atom stereocenters. The van der Waals surface area contributed by atoms with Crippen molar-refractivity contribution in [3.63, 3.8) is 0 Å². The molecular weight excluding hydrogens is 228 g/mol. The van der Waals surface area contributed by atoms with Gasteiger partial charge in [-0.2, -0.15) is 0 Å². The molecule has 0 saturated carbocycles. The Balaban J connectivity index is 2.64. The van der Waals surface area contributed by atoms with E-state index in [1.165, 1.54) is 17.5 Å². The first kappa shape index (κ1) is 12.4. The van der Waals surface area contributed by atoms with Crippen LogP contribution in [-0.2, 0) is 0 Å². The molecule has 1 heterocycles. The van der Waals surface area contributed by atoms with E-state index in [-0.39, 0.29) is 17.8 Å². The second kappa shape index (κ2) is 5.45. The van der Waals surface area contributed by atoms with Gasteiger partial charge in [0.05, 0.1) is 11.7 Å². The smallest absolute Gasteiger partial charge is 0.265 e. The van der Waals surface area contributed by atoms with Crippen LogP contribution in [0, 0.1) is 0 Å². The molecule has 0 aliphatic heterocycles. The zero-order chi connectivity index (χ0) is 12.1. The van der Waals surface area contributed by atoms with E-state index in [0.717, 1.165) is 0 Å². The highest BCUT2D eigenvalue weighted by atomic mass is 32.1. The molecule has 0 radical (unpaired) electrons. The number of aromatic nitrogens is 1. The Bertz CT molecular complexity index is 377. The molecule has 0 bridgehead atoms. The number of rotatable bonds is 4. The van der Waals surface area contributed by atoms with Gasteiger partial charge in [-0.1, -0.05) is 5.16 Å². The Hall–Kier alpha value is -1.63. The van der Waals surface area contributed by atoms with Crippen LogP contribution in [0.5, 0.6) is 0 Å². The number of thiazole rings is 1. The number of nitrogens with two attached hydrogens (primary N) is 1. The van der Waals surface area contributed by atoms with Crippen LogP contribution in [0.25, 0.3) is 0 Å². The van der Waals surface area contributed by atoms with E-state index >= 15 is 0 Å². The first-order valence-electron chi connectivity index (χ1n) is 4.68. The van der Waals surface area contributed by atoms with E-state index in [2.05, 4.69) is 10.1 Å². The third-order valence-electron chi connectivity index (χ3n) is 2.26. The molecule has 16 heavy (non-hydrogen) atoms. The third-order valence-corrected chi connectivity index (χ3v) is 3.02. The van der Waals surface area contributed by atoms with E-state index in [0.29, 0.717) is 11.3 Å². The normalized spacial score (nSPS) is 13.5. The SMILES string of the molecule is CC(CC(N)=NO)N(C)C(=O)c1cncs1. The van der Waals surface area contributed by atoms with Crippen LogP contribution in [0.15, 0.2) is 16.9 Å². The van der Waals surface area contributed by atoms with Gasteiger partial charge in [0.1, 0.15) is 10.7 Å². The van der Waals surface area contributed by atoms with Gasteiger partial charge in [0.15, 0.2) is 0 Å². The van der Waals surface area contributed by atoms with Crippen molar-refractivity contribution in [2.24, 2.45) is 10.9 Å². The van der Waals surface area contributed by atoms with Crippen molar-refractivity contribution in [2.75, 3.05) is 7.05 Å². The van der Waals surface area contributed by atoms with Crippen LogP contribution in [0.1, 0.15) is 23.0 Å². The van der Waals surface area contributed by atoms with Gasteiger partial charge in [-0.3, -0.25) is 9.78 Å². The van der Waals surface area contributed by atoms with E-state index in [1.54, 1.807) is 17.5 Å². The molecule has 0 fully saturated rings. The van der Waals surface area contributed by atoms with Crippen LogP contribution >= 0.6 is 11.3 Å². The van der Waals surface area contributed by atoms with E-state index in [1.807, 2.05) is 6.92 Å². The van der Waals surface area contributed by atoms with Crippen molar-refractivity contribution in [3.8, 4) is 0 Å². The molecule has 0 spiro atoms. The molecule has 6 nitrogen and oxygen atoms in total. The molecule has 1 aromatic rings. The van der Waals surface area contributed by atoms with E-state index in [9.17, 15) is 4.79 Å². The van der Waals surface area contributed by atoms with Crippen molar-refractivity contribution in [2.45, 2.75) is 19.4 Å². The molecule has 0 aromatic carbocycles. The number of carbonyl (C=O) groups is 1. The van der Waals surface area contributed by atoms with Gasteiger partial charge in [-0.25, -0.2) is 0 Å². The van der Waals surface area contributed by atoms with Crippen LogP contribution < -0.4 is 5.73 Å². The number of nitrogens with zero attached hydrogens (tertiary/aromatic N) is 3. The molecular formula is C9H14N4O2S. The summed E-state index contributed by atoms with van der Waals surface area (Å²) in [6.45, 7) is 1.83. The standard InChI is InChI=1S/C9H14N4O2S/c1-6(3-8(10)12-15)13(2)9(14)7-4-11-5-16-7/h4-6,15H,3H2,1-2H3,(H2,10,12). The summed E-state index contributed by atoms with van der Waals surface area (Å²) in [5.41, 5.74) is 6.99. The van der Waals surface area contributed by atoms with Crippen LogP contribution in [0.2, 0.25) is 0 Å². The Morgan fingerprint density at radius 2 is 2.50 bits per heavy atom. The van der Waals surface area contributed by atoms with Crippen molar-refractivity contribution in [1.29, 1.82) is 0 Å². The second-order valence-corrected chi connectivity index (χ2v) is 4.31. The highest BCUT2D eigenvalue weighted by Crippen LogP contribution is 2.12. The van der Waals surface area contributed by atoms with Crippen LogP contribution in [0.3, 0.4) is 0 Å². The minimum absolute atomic E-state index is 0.108. The molecule has 0 saturated heterocycles. The van der Waals surface area contributed by atoms with Gasteiger partial charge in [-0.05, 0) is 6.92 Å². The number of amidine groups is 1. The summed E-state index contributed by atoms with van der Waals surface area (Å²) >= 11 is 1.29. The van der Waals surface area contributed by atoms with Gasteiger partial charge in [0.25, 0.3) is 5.91 Å². The average molecular weight is 242 g/mol. The number of carbonyl (C=O) groups excluding carboxylic acids is 1. The Kier molecular flexibility index (Phi) is 4.24. The molecule has 3 N–H and O–H groups in total. The fourth-order valence-electron chi connectivity index (χ4n) is 1.18. The highest BCUT2D eigenvalue weighted by molar-refractivity contribution is 7.11.